The number of amides is 1. The van der Waals surface area contributed by atoms with Gasteiger partial charge in [-0.3, -0.25) is 14.8 Å². The highest BCUT2D eigenvalue weighted by Gasteiger charge is 2.30. The zero-order chi connectivity index (χ0) is 22.7. The van der Waals surface area contributed by atoms with E-state index in [-0.39, 0.29) is 17.7 Å². The lowest BCUT2D eigenvalue weighted by molar-refractivity contribution is -0.137. The molecule has 0 spiro atoms. The number of hydrogen-bond donors (Lipinski definition) is 1. The predicted octanol–water partition coefficient (Wildman–Crippen LogP) is 5.93. The van der Waals surface area contributed by atoms with Gasteiger partial charge >= 0.3 is 6.18 Å². The number of fused-ring (bicyclic) bond motifs is 1. The number of pyridine rings is 2. The summed E-state index contributed by atoms with van der Waals surface area (Å²) >= 11 is 0. The van der Waals surface area contributed by atoms with Crippen molar-refractivity contribution in [2.75, 3.05) is 0 Å². The molecule has 0 fully saturated rings. The minimum Gasteiger partial charge on any atom is -0.455 e. The highest BCUT2D eigenvalue weighted by Crippen LogP contribution is 2.33. The topological polar surface area (TPSA) is 64.1 Å². The maximum atomic E-state index is 12.7. The fraction of sp³-hybridized carbons (Fsp3) is 0.125. The van der Waals surface area contributed by atoms with Gasteiger partial charge < -0.3 is 10.1 Å². The summed E-state index contributed by atoms with van der Waals surface area (Å²) in [6, 6.07) is 16.5. The normalized spacial score (nSPS) is 12.4. The molecule has 0 aliphatic rings. The summed E-state index contributed by atoms with van der Waals surface area (Å²) in [4.78, 5) is 21.2. The summed E-state index contributed by atoms with van der Waals surface area (Å²) in [6.45, 7) is 1.84. The number of carbonyl (C=O) groups is 1. The number of nitrogens with one attached hydrogen (secondary N) is 1. The average molecular weight is 437 g/mol. The van der Waals surface area contributed by atoms with Gasteiger partial charge in [0.25, 0.3) is 5.91 Å². The van der Waals surface area contributed by atoms with E-state index < -0.39 is 11.7 Å². The molecule has 162 valence electrons. The molecular formula is C24H18F3N3O2. The Morgan fingerprint density at radius 3 is 2.47 bits per heavy atom. The first kappa shape index (κ1) is 21.3. The number of carbonyl (C=O) groups excluding carboxylic acids is 1. The van der Waals surface area contributed by atoms with Crippen LogP contribution in [-0.2, 0) is 6.18 Å². The number of aromatic nitrogens is 2. The highest BCUT2D eigenvalue weighted by atomic mass is 19.4. The van der Waals surface area contributed by atoms with E-state index in [1.165, 1.54) is 18.3 Å². The van der Waals surface area contributed by atoms with Crippen molar-refractivity contribution in [2.24, 2.45) is 0 Å². The number of hydrogen-bond acceptors (Lipinski definition) is 4. The molecule has 2 heterocycles. The van der Waals surface area contributed by atoms with Crippen molar-refractivity contribution >= 4 is 16.8 Å². The SMILES string of the molecule is CC(NC(=O)c1cnc2c(Oc3ccc(C(F)(F)F)cc3)cccc2c1)c1ccccn1. The third kappa shape index (κ3) is 4.69. The van der Waals surface area contributed by atoms with E-state index in [9.17, 15) is 18.0 Å². The Bertz CT molecular complexity index is 1240. The van der Waals surface area contributed by atoms with E-state index in [0.29, 0.717) is 22.2 Å². The molecule has 1 amide bonds. The number of para-hydroxylation sites is 1. The molecule has 2 aromatic carbocycles. The van der Waals surface area contributed by atoms with Crippen LogP contribution in [0.1, 0.15) is 34.6 Å². The van der Waals surface area contributed by atoms with E-state index in [4.69, 9.17) is 4.74 Å². The van der Waals surface area contributed by atoms with E-state index >= 15 is 0 Å². The minimum atomic E-state index is -4.41. The average Bonchev–Trinajstić information content (AvgIpc) is 2.79. The third-order valence-corrected chi connectivity index (χ3v) is 4.82. The Morgan fingerprint density at radius 1 is 1.00 bits per heavy atom. The maximum Gasteiger partial charge on any atom is 0.416 e. The van der Waals surface area contributed by atoms with Crippen LogP contribution in [0.2, 0.25) is 0 Å². The molecule has 4 rings (SSSR count). The molecule has 1 atom stereocenters. The number of ether oxygens (including phenoxy) is 1. The van der Waals surface area contributed by atoms with E-state index in [2.05, 4.69) is 15.3 Å². The Balaban J connectivity index is 1.54. The van der Waals surface area contributed by atoms with Crippen LogP contribution in [0.25, 0.3) is 10.9 Å². The predicted molar refractivity (Wildman–Crippen MR) is 113 cm³/mol. The maximum absolute atomic E-state index is 12.7. The van der Waals surface area contributed by atoms with Gasteiger partial charge in [-0.1, -0.05) is 18.2 Å². The summed E-state index contributed by atoms with van der Waals surface area (Å²) < 4.78 is 44.0. The first-order chi connectivity index (χ1) is 15.3. The molecule has 0 aliphatic carbocycles. The molecule has 0 saturated carbocycles. The molecular weight excluding hydrogens is 419 g/mol. The van der Waals surface area contributed by atoms with Gasteiger partial charge in [-0.25, -0.2) is 0 Å². The van der Waals surface area contributed by atoms with Crippen LogP contribution in [0.15, 0.2) is 79.1 Å². The number of benzene rings is 2. The van der Waals surface area contributed by atoms with E-state index in [1.807, 2.05) is 19.1 Å². The van der Waals surface area contributed by atoms with Crippen molar-refractivity contribution in [1.29, 1.82) is 0 Å². The number of rotatable bonds is 5. The fourth-order valence-electron chi connectivity index (χ4n) is 3.16. The van der Waals surface area contributed by atoms with Crippen molar-refractivity contribution in [2.45, 2.75) is 19.1 Å². The van der Waals surface area contributed by atoms with Crippen LogP contribution in [-0.4, -0.2) is 15.9 Å². The van der Waals surface area contributed by atoms with Crippen molar-refractivity contribution < 1.29 is 22.7 Å². The van der Waals surface area contributed by atoms with Crippen LogP contribution < -0.4 is 10.1 Å². The number of nitrogens with zero attached hydrogens (tertiary/aromatic N) is 2. The summed E-state index contributed by atoms with van der Waals surface area (Å²) in [5.41, 5.74) is 0.840. The Hall–Kier alpha value is -3.94. The second kappa shape index (κ2) is 8.66. The molecule has 1 N–H and O–H groups in total. The lowest BCUT2D eigenvalue weighted by atomic mass is 10.1. The van der Waals surface area contributed by atoms with Gasteiger partial charge in [0.05, 0.1) is 22.9 Å². The van der Waals surface area contributed by atoms with Gasteiger partial charge in [0, 0.05) is 17.8 Å². The number of halogens is 3. The number of alkyl halides is 3. The lowest BCUT2D eigenvalue weighted by Gasteiger charge is -2.14. The monoisotopic (exact) mass is 437 g/mol. The summed E-state index contributed by atoms with van der Waals surface area (Å²) in [7, 11) is 0. The molecule has 5 nitrogen and oxygen atoms in total. The van der Waals surface area contributed by atoms with E-state index in [1.54, 1.807) is 36.5 Å². The smallest absolute Gasteiger partial charge is 0.416 e. The molecule has 4 aromatic rings. The van der Waals surface area contributed by atoms with Gasteiger partial charge in [0.15, 0.2) is 5.75 Å². The molecule has 1 unspecified atom stereocenters. The summed E-state index contributed by atoms with van der Waals surface area (Å²) in [5.74, 6) is 0.320. The van der Waals surface area contributed by atoms with Crippen molar-refractivity contribution in [3.63, 3.8) is 0 Å². The Labute approximate surface area is 181 Å². The zero-order valence-corrected chi connectivity index (χ0v) is 16.9. The highest BCUT2D eigenvalue weighted by molar-refractivity contribution is 5.98. The molecule has 0 radical (unpaired) electrons. The molecule has 2 aromatic heterocycles. The zero-order valence-electron chi connectivity index (χ0n) is 16.9. The van der Waals surface area contributed by atoms with Crippen LogP contribution in [0.5, 0.6) is 11.5 Å². The fourth-order valence-corrected chi connectivity index (χ4v) is 3.16. The van der Waals surface area contributed by atoms with Gasteiger partial charge in [-0.05, 0) is 55.5 Å². The first-order valence-electron chi connectivity index (χ1n) is 9.77. The van der Waals surface area contributed by atoms with Crippen molar-refractivity contribution in [1.82, 2.24) is 15.3 Å². The second-order valence-electron chi connectivity index (χ2n) is 7.13. The van der Waals surface area contributed by atoms with Crippen LogP contribution in [0.4, 0.5) is 13.2 Å². The Morgan fingerprint density at radius 2 is 1.78 bits per heavy atom. The largest absolute Gasteiger partial charge is 0.455 e. The molecule has 0 saturated heterocycles. The molecule has 32 heavy (non-hydrogen) atoms. The Kier molecular flexibility index (Phi) is 5.77. The van der Waals surface area contributed by atoms with E-state index in [0.717, 1.165) is 17.8 Å². The van der Waals surface area contributed by atoms with Crippen molar-refractivity contribution in [3.8, 4) is 11.5 Å². The first-order valence-corrected chi connectivity index (χ1v) is 9.77. The van der Waals surface area contributed by atoms with Crippen LogP contribution in [0.3, 0.4) is 0 Å². The quantitative estimate of drug-likeness (QED) is 0.420. The van der Waals surface area contributed by atoms with Gasteiger partial charge in [0.2, 0.25) is 0 Å². The van der Waals surface area contributed by atoms with Gasteiger partial charge in [-0.15, -0.1) is 0 Å². The van der Waals surface area contributed by atoms with Gasteiger partial charge in [-0.2, -0.15) is 13.2 Å². The summed E-state index contributed by atoms with van der Waals surface area (Å²) in [5, 5.41) is 3.54. The third-order valence-electron chi connectivity index (χ3n) is 4.82. The molecule has 8 heteroatoms. The standard InChI is InChI=1S/C24H18F3N3O2/c1-15(20-6-2-3-12-28-20)30-23(31)17-13-16-5-4-7-21(22(16)29-14-17)32-19-10-8-18(9-11-19)24(25,26)27/h2-15H,1H3,(H,30,31). The van der Waals surface area contributed by atoms with Crippen molar-refractivity contribution in [3.05, 3.63) is 95.9 Å². The molecule has 0 bridgehead atoms. The minimum absolute atomic E-state index is 0.248. The summed E-state index contributed by atoms with van der Waals surface area (Å²) in [6.07, 6.45) is -1.32. The lowest BCUT2D eigenvalue weighted by Crippen LogP contribution is -2.27. The molecule has 0 aliphatic heterocycles. The van der Waals surface area contributed by atoms with Crippen LogP contribution in [0, 0.1) is 0 Å². The second-order valence-corrected chi connectivity index (χ2v) is 7.13. The van der Waals surface area contributed by atoms with Gasteiger partial charge in [0.1, 0.15) is 11.3 Å². The van der Waals surface area contributed by atoms with Crippen LogP contribution >= 0.6 is 0 Å².